The van der Waals surface area contributed by atoms with Crippen LogP contribution < -0.4 is 10.1 Å². The SMILES string of the molecule is CNc1ccc2nc(-c3ccc([N+](=O)[O-])c(OCC(CF)O[Si](C)(C)C(C)(C)C)c3)ccc2c1. The Morgan fingerprint density at radius 2 is 1.88 bits per heavy atom. The van der Waals surface area contributed by atoms with Crippen LogP contribution in [0.25, 0.3) is 22.2 Å². The lowest BCUT2D eigenvalue weighted by Gasteiger charge is -2.38. The first-order valence-electron chi connectivity index (χ1n) is 11.2. The van der Waals surface area contributed by atoms with Crippen molar-refractivity contribution < 1.29 is 18.5 Å². The molecule has 1 aromatic heterocycles. The minimum Gasteiger partial charge on any atom is -0.484 e. The maximum atomic E-state index is 13.8. The second-order valence-electron chi connectivity index (χ2n) is 9.76. The van der Waals surface area contributed by atoms with Gasteiger partial charge in [0.1, 0.15) is 19.4 Å². The number of alkyl halides is 1. The van der Waals surface area contributed by atoms with E-state index >= 15 is 0 Å². The van der Waals surface area contributed by atoms with Crippen molar-refractivity contribution in [2.24, 2.45) is 0 Å². The van der Waals surface area contributed by atoms with Gasteiger partial charge in [0.2, 0.25) is 0 Å². The van der Waals surface area contributed by atoms with Gasteiger partial charge in [0, 0.05) is 29.8 Å². The molecule has 0 radical (unpaired) electrons. The van der Waals surface area contributed by atoms with Crippen LogP contribution in [-0.4, -0.2) is 44.7 Å². The van der Waals surface area contributed by atoms with Gasteiger partial charge in [0.25, 0.3) is 0 Å². The highest BCUT2D eigenvalue weighted by molar-refractivity contribution is 6.74. The molecule has 0 aliphatic heterocycles. The number of rotatable bonds is 9. The van der Waals surface area contributed by atoms with Gasteiger partial charge in [-0.3, -0.25) is 10.1 Å². The van der Waals surface area contributed by atoms with E-state index in [0.717, 1.165) is 16.6 Å². The third-order valence-electron chi connectivity index (χ3n) is 6.29. The second kappa shape index (κ2) is 10.1. The van der Waals surface area contributed by atoms with Crippen molar-refractivity contribution in [3.8, 4) is 17.0 Å². The van der Waals surface area contributed by atoms with Gasteiger partial charge in [-0.15, -0.1) is 0 Å². The topological polar surface area (TPSA) is 86.5 Å². The van der Waals surface area contributed by atoms with E-state index in [2.05, 4.69) is 26.1 Å². The van der Waals surface area contributed by atoms with E-state index in [-0.39, 0.29) is 23.1 Å². The predicted octanol–water partition coefficient (Wildman–Crippen LogP) is 6.59. The summed E-state index contributed by atoms with van der Waals surface area (Å²) in [6.45, 7) is 9.42. The van der Waals surface area contributed by atoms with Crippen LogP contribution in [0.5, 0.6) is 5.75 Å². The van der Waals surface area contributed by atoms with Crippen molar-refractivity contribution >= 4 is 30.6 Å². The lowest BCUT2D eigenvalue weighted by Crippen LogP contribution is -2.46. The molecule has 1 atom stereocenters. The summed E-state index contributed by atoms with van der Waals surface area (Å²) in [5, 5.41) is 15.6. The third-order valence-corrected chi connectivity index (χ3v) is 10.8. The molecule has 3 rings (SSSR count). The molecule has 3 aromatic rings. The van der Waals surface area contributed by atoms with Crippen LogP contribution >= 0.6 is 0 Å². The summed E-state index contributed by atoms with van der Waals surface area (Å²) < 4.78 is 25.6. The number of nitrogens with one attached hydrogen (secondary N) is 1. The number of nitrogens with zero attached hydrogens (tertiary/aromatic N) is 2. The molecule has 0 aliphatic rings. The van der Waals surface area contributed by atoms with Crippen LogP contribution in [0.4, 0.5) is 15.8 Å². The smallest absolute Gasteiger partial charge is 0.310 e. The average molecular weight is 486 g/mol. The molecule has 7 nitrogen and oxygen atoms in total. The lowest BCUT2D eigenvalue weighted by molar-refractivity contribution is -0.385. The standard InChI is InChI=1S/C25H32FN3O4Si/c1-25(2,3)34(5,6)33-20(15-26)16-32-24-14-18(8-12-23(24)29(30)31)21-10-7-17-13-19(27-4)9-11-22(17)28-21/h7-14,20,27H,15-16H2,1-6H3. The monoisotopic (exact) mass is 485 g/mol. The molecule has 1 N–H and O–H groups in total. The number of halogens is 1. The Hall–Kier alpha value is -3.04. The summed E-state index contributed by atoms with van der Waals surface area (Å²) in [4.78, 5) is 15.8. The van der Waals surface area contributed by atoms with Gasteiger partial charge in [-0.05, 0) is 54.5 Å². The molecule has 0 fully saturated rings. The molecule has 1 unspecified atom stereocenters. The Morgan fingerprint density at radius 1 is 1.15 bits per heavy atom. The fourth-order valence-corrected chi connectivity index (χ4v) is 4.59. The maximum Gasteiger partial charge on any atom is 0.310 e. The van der Waals surface area contributed by atoms with E-state index in [1.165, 1.54) is 6.07 Å². The van der Waals surface area contributed by atoms with Gasteiger partial charge in [-0.1, -0.05) is 26.8 Å². The van der Waals surface area contributed by atoms with Crippen LogP contribution in [-0.2, 0) is 4.43 Å². The van der Waals surface area contributed by atoms with Gasteiger partial charge >= 0.3 is 5.69 Å². The Kier molecular flexibility index (Phi) is 7.57. The molecule has 2 aromatic carbocycles. The Bertz CT molecular complexity index is 1180. The van der Waals surface area contributed by atoms with E-state index in [0.29, 0.717) is 11.3 Å². The summed E-state index contributed by atoms with van der Waals surface area (Å²) in [6.07, 6.45) is -0.802. The molecule has 1 heterocycles. The third kappa shape index (κ3) is 5.71. The number of ether oxygens (including phenoxy) is 1. The van der Waals surface area contributed by atoms with Crippen molar-refractivity contribution in [3.63, 3.8) is 0 Å². The molecule has 9 heteroatoms. The number of aromatic nitrogens is 1. The molecule has 0 saturated heterocycles. The van der Waals surface area contributed by atoms with Crippen molar-refractivity contribution in [1.29, 1.82) is 0 Å². The minimum atomic E-state index is -2.23. The Morgan fingerprint density at radius 3 is 2.50 bits per heavy atom. The van der Waals surface area contributed by atoms with Gasteiger partial charge < -0.3 is 14.5 Å². The number of hydrogen-bond donors (Lipinski definition) is 1. The van der Waals surface area contributed by atoms with E-state index in [9.17, 15) is 14.5 Å². The van der Waals surface area contributed by atoms with E-state index < -0.39 is 26.0 Å². The zero-order chi connectivity index (χ0) is 25.1. The van der Waals surface area contributed by atoms with Crippen molar-refractivity contribution in [2.75, 3.05) is 25.6 Å². The maximum absolute atomic E-state index is 13.8. The van der Waals surface area contributed by atoms with Crippen LogP contribution in [0, 0.1) is 10.1 Å². The molecule has 0 saturated carbocycles. The number of nitro groups is 1. The molecule has 0 aliphatic carbocycles. The average Bonchev–Trinajstić information content (AvgIpc) is 2.79. The summed E-state index contributed by atoms with van der Waals surface area (Å²) in [7, 11) is -0.374. The molecule has 0 bridgehead atoms. The summed E-state index contributed by atoms with van der Waals surface area (Å²) >= 11 is 0. The summed E-state index contributed by atoms with van der Waals surface area (Å²) in [5.41, 5.74) is 2.92. The van der Waals surface area contributed by atoms with Crippen molar-refractivity contribution in [1.82, 2.24) is 4.98 Å². The van der Waals surface area contributed by atoms with E-state index in [4.69, 9.17) is 14.1 Å². The predicted molar refractivity (Wildman–Crippen MR) is 137 cm³/mol. The first-order chi connectivity index (χ1) is 15.9. The van der Waals surface area contributed by atoms with E-state index in [1.54, 1.807) is 12.1 Å². The number of hydrogen-bond acceptors (Lipinski definition) is 6. The van der Waals surface area contributed by atoms with Crippen molar-refractivity contribution in [3.05, 3.63) is 58.6 Å². The molecular weight excluding hydrogens is 453 g/mol. The number of anilines is 1. The molecular formula is C25H32FN3O4Si. The Balaban J connectivity index is 1.88. The van der Waals surface area contributed by atoms with Crippen LogP contribution in [0.3, 0.4) is 0 Å². The summed E-state index contributed by atoms with van der Waals surface area (Å²) in [5.74, 6) is 0.0622. The lowest BCUT2D eigenvalue weighted by atomic mass is 10.1. The largest absolute Gasteiger partial charge is 0.484 e. The van der Waals surface area contributed by atoms with Crippen molar-refractivity contribution in [2.45, 2.75) is 45.0 Å². The number of benzene rings is 2. The van der Waals surface area contributed by atoms with Gasteiger partial charge in [0.15, 0.2) is 14.1 Å². The highest BCUT2D eigenvalue weighted by atomic mass is 28.4. The normalized spacial score (nSPS) is 13.0. The zero-order valence-corrected chi connectivity index (χ0v) is 21.5. The quantitative estimate of drug-likeness (QED) is 0.209. The molecule has 182 valence electrons. The van der Waals surface area contributed by atoms with Crippen LogP contribution in [0.1, 0.15) is 20.8 Å². The highest BCUT2D eigenvalue weighted by Crippen LogP contribution is 2.38. The fourth-order valence-electron chi connectivity index (χ4n) is 3.27. The summed E-state index contributed by atoms with van der Waals surface area (Å²) in [6, 6.07) is 14.3. The first-order valence-corrected chi connectivity index (χ1v) is 14.1. The first kappa shape index (κ1) is 25.6. The molecule has 0 amide bonds. The molecule has 34 heavy (non-hydrogen) atoms. The van der Waals surface area contributed by atoms with Gasteiger partial charge in [-0.2, -0.15) is 0 Å². The minimum absolute atomic E-state index is 0.0622. The Labute approximate surface area is 200 Å². The highest BCUT2D eigenvalue weighted by Gasteiger charge is 2.39. The van der Waals surface area contributed by atoms with Gasteiger partial charge in [-0.25, -0.2) is 9.37 Å². The van der Waals surface area contributed by atoms with Crippen LogP contribution in [0.2, 0.25) is 18.1 Å². The number of nitro benzene ring substituents is 1. The molecule has 0 spiro atoms. The van der Waals surface area contributed by atoms with Gasteiger partial charge in [0.05, 0.1) is 16.1 Å². The fraction of sp³-hybridized carbons (Fsp3) is 0.400. The zero-order valence-electron chi connectivity index (χ0n) is 20.5. The number of fused-ring (bicyclic) bond motifs is 1. The second-order valence-corrected chi connectivity index (χ2v) is 14.5. The number of pyridine rings is 1. The van der Waals surface area contributed by atoms with Crippen LogP contribution in [0.15, 0.2) is 48.5 Å². The van der Waals surface area contributed by atoms with E-state index in [1.807, 2.05) is 50.5 Å².